The quantitative estimate of drug-likeness (QED) is 0.787. The first-order valence-corrected chi connectivity index (χ1v) is 7.25. The maximum absolute atomic E-state index is 2.41. The summed E-state index contributed by atoms with van der Waals surface area (Å²) in [7, 11) is 2.13. The lowest BCUT2D eigenvalue weighted by Gasteiger charge is -2.32. The van der Waals surface area contributed by atoms with Gasteiger partial charge in [-0.3, -0.25) is 0 Å². The number of hydrogen-bond donors (Lipinski definition) is 0. The number of rotatable bonds is 3. The minimum atomic E-state index is 0.386. The molecular weight excluding hydrogens is 232 g/mol. The highest BCUT2D eigenvalue weighted by Crippen LogP contribution is 2.38. The first kappa shape index (κ1) is 14.0. The zero-order valence-corrected chi connectivity index (χ0v) is 13.0. The monoisotopic (exact) mass is 258 g/mol. The van der Waals surface area contributed by atoms with Crippen LogP contribution in [0.15, 0.2) is 30.6 Å². The van der Waals surface area contributed by atoms with E-state index in [1.54, 1.807) is 0 Å². The molecule has 1 aromatic carbocycles. The molecule has 1 aromatic rings. The van der Waals surface area contributed by atoms with E-state index in [4.69, 9.17) is 0 Å². The molecule has 0 N–H and O–H groups in total. The van der Waals surface area contributed by atoms with Crippen LogP contribution in [-0.2, 0) is 0 Å². The van der Waals surface area contributed by atoms with Gasteiger partial charge in [-0.05, 0) is 29.9 Å². The minimum Gasteiger partial charge on any atom is -0.359 e. The van der Waals surface area contributed by atoms with Gasteiger partial charge in [0.2, 0.25) is 0 Å². The van der Waals surface area contributed by atoms with Crippen LogP contribution in [0.3, 0.4) is 0 Å². The zero-order valence-electron chi connectivity index (χ0n) is 13.0. The number of nitrogens with zero attached hydrogens (tertiary/aromatic N) is 2. The lowest BCUT2D eigenvalue weighted by molar-refractivity contribution is 0.382. The molecular formula is C17H26N2. The summed E-state index contributed by atoms with van der Waals surface area (Å²) in [5.41, 5.74) is 4.29. The molecule has 0 saturated carbocycles. The second-order valence-electron chi connectivity index (χ2n) is 6.10. The van der Waals surface area contributed by atoms with Crippen molar-refractivity contribution in [2.75, 3.05) is 11.9 Å². The molecule has 1 aliphatic rings. The molecule has 1 atom stereocenters. The molecule has 104 valence electrons. The van der Waals surface area contributed by atoms with Crippen molar-refractivity contribution in [2.24, 2.45) is 0 Å². The van der Waals surface area contributed by atoms with E-state index in [0.717, 1.165) is 0 Å². The number of benzene rings is 1. The second kappa shape index (κ2) is 5.28. The summed E-state index contributed by atoms with van der Waals surface area (Å²) in [6.07, 6.45) is 4.75. The molecule has 1 unspecified atom stereocenters. The van der Waals surface area contributed by atoms with Gasteiger partial charge in [0.15, 0.2) is 0 Å². The molecule has 2 rings (SSSR count). The third-order valence-electron chi connectivity index (χ3n) is 4.06. The lowest BCUT2D eigenvalue weighted by atomic mass is 9.92. The first-order valence-electron chi connectivity index (χ1n) is 7.25. The van der Waals surface area contributed by atoms with Gasteiger partial charge in [-0.25, -0.2) is 0 Å². The average molecular weight is 258 g/mol. The molecule has 1 heterocycles. The van der Waals surface area contributed by atoms with Gasteiger partial charge < -0.3 is 9.80 Å². The maximum atomic E-state index is 2.41. The summed E-state index contributed by atoms with van der Waals surface area (Å²) in [4.78, 5) is 4.66. The van der Waals surface area contributed by atoms with E-state index in [1.165, 1.54) is 16.8 Å². The van der Waals surface area contributed by atoms with Crippen LogP contribution in [0.5, 0.6) is 0 Å². The zero-order chi connectivity index (χ0) is 14.2. The van der Waals surface area contributed by atoms with E-state index in [-0.39, 0.29) is 0 Å². The van der Waals surface area contributed by atoms with E-state index in [1.807, 2.05) is 0 Å². The summed E-state index contributed by atoms with van der Waals surface area (Å²) in [5.74, 6) is 1.08. The fourth-order valence-corrected chi connectivity index (χ4v) is 2.69. The molecule has 1 aliphatic heterocycles. The van der Waals surface area contributed by atoms with Crippen molar-refractivity contribution < 1.29 is 0 Å². The van der Waals surface area contributed by atoms with Crippen molar-refractivity contribution in [3.63, 3.8) is 0 Å². The molecule has 0 saturated heterocycles. The predicted molar refractivity (Wildman–Crippen MR) is 83.5 cm³/mol. The van der Waals surface area contributed by atoms with Crippen molar-refractivity contribution in [3.05, 3.63) is 41.7 Å². The lowest BCUT2D eigenvalue weighted by Crippen LogP contribution is -2.34. The Morgan fingerprint density at radius 1 is 0.947 bits per heavy atom. The molecule has 0 spiro atoms. The van der Waals surface area contributed by atoms with Crippen molar-refractivity contribution in [3.8, 4) is 0 Å². The van der Waals surface area contributed by atoms with E-state index < -0.39 is 0 Å². The van der Waals surface area contributed by atoms with E-state index in [9.17, 15) is 0 Å². The van der Waals surface area contributed by atoms with Gasteiger partial charge in [-0.1, -0.05) is 45.9 Å². The fourth-order valence-electron chi connectivity index (χ4n) is 2.69. The Morgan fingerprint density at radius 3 is 1.84 bits per heavy atom. The van der Waals surface area contributed by atoms with Crippen LogP contribution in [0.1, 0.15) is 57.6 Å². The molecule has 2 nitrogen and oxygen atoms in total. The minimum absolute atomic E-state index is 0.386. The molecule has 19 heavy (non-hydrogen) atoms. The smallest absolute Gasteiger partial charge is 0.102 e. The third kappa shape index (κ3) is 2.49. The van der Waals surface area contributed by atoms with Gasteiger partial charge in [0.25, 0.3) is 0 Å². The summed E-state index contributed by atoms with van der Waals surface area (Å²) < 4.78 is 0. The fraction of sp³-hybridized carbons (Fsp3) is 0.529. The van der Waals surface area contributed by atoms with Gasteiger partial charge in [0.1, 0.15) is 6.17 Å². The largest absolute Gasteiger partial charge is 0.359 e. The van der Waals surface area contributed by atoms with Crippen LogP contribution in [0.4, 0.5) is 5.69 Å². The van der Waals surface area contributed by atoms with Gasteiger partial charge in [0.05, 0.1) is 0 Å². The normalized spacial score (nSPS) is 19.1. The Kier molecular flexibility index (Phi) is 3.88. The molecule has 2 heteroatoms. The predicted octanol–water partition coefficient (Wildman–Crippen LogP) is 4.50. The summed E-state index contributed by atoms with van der Waals surface area (Å²) in [6, 6.07) is 6.73. The standard InChI is InChI=1S/C17H26N2/c1-12(2)15-8-7-9-16(13(3)4)17(15)19-11-10-18(6)14(19)5/h7-14H,1-6H3. The SMILES string of the molecule is CC(C)c1cccc(C(C)C)c1N1C=CN(C)C1C. The highest BCUT2D eigenvalue weighted by Gasteiger charge is 2.25. The summed E-state index contributed by atoms with van der Waals surface area (Å²) >= 11 is 0. The van der Waals surface area contributed by atoms with Crippen molar-refractivity contribution >= 4 is 5.69 Å². The number of anilines is 1. The van der Waals surface area contributed by atoms with Crippen molar-refractivity contribution in [1.82, 2.24) is 4.90 Å². The number of para-hydroxylation sites is 1. The van der Waals surface area contributed by atoms with Gasteiger partial charge in [-0.15, -0.1) is 0 Å². The van der Waals surface area contributed by atoms with Crippen LogP contribution in [-0.4, -0.2) is 18.1 Å². The Labute approximate surface area is 117 Å². The maximum Gasteiger partial charge on any atom is 0.102 e. The van der Waals surface area contributed by atoms with Gasteiger partial charge >= 0.3 is 0 Å². The molecule has 0 radical (unpaired) electrons. The van der Waals surface area contributed by atoms with Gasteiger partial charge in [-0.2, -0.15) is 0 Å². The van der Waals surface area contributed by atoms with Crippen LogP contribution >= 0.6 is 0 Å². The van der Waals surface area contributed by atoms with Gasteiger partial charge in [0, 0.05) is 25.1 Å². The topological polar surface area (TPSA) is 6.48 Å². The second-order valence-corrected chi connectivity index (χ2v) is 6.10. The van der Waals surface area contributed by atoms with Crippen molar-refractivity contribution in [1.29, 1.82) is 0 Å². The average Bonchev–Trinajstić information content (AvgIpc) is 2.68. The Hall–Kier alpha value is -1.44. The molecule has 0 amide bonds. The highest BCUT2D eigenvalue weighted by atomic mass is 15.4. The molecule has 0 bridgehead atoms. The first-order chi connectivity index (χ1) is 8.93. The van der Waals surface area contributed by atoms with Crippen LogP contribution in [0, 0.1) is 0 Å². The summed E-state index contributed by atoms with van der Waals surface area (Å²) in [6.45, 7) is 11.4. The molecule has 0 aliphatic carbocycles. The number of hydrogen-bond acceptors (Lipinski definition) is 2. The van der Waals surface area contributed by atoms with E-state index >= 15 is 0 Å². The third-order valence-corrected chi connectivity index (χ3v) is 4.06. The highest BCUT2D eigenvalue weighted by molar-refractivity contribution is 5.64. The van der Waals surface area contributed by atoms with Crippen LogP contribution in [0.2, 0.25) is 0 Å². The Morgan fingerprint density at radius 2 is 1.47 bits per heavy atom. The van der Waals surface area contributed by atoms with Crippen molar-refractivity contribution in [2.45, 2.75) is 52.6 Å². The Bertz CT molecular complexity index is 448. The molecule has 0 aromatic heterocycles. The van der Waals surface area contributed by atoms with Crippen LogP contribution < -0.4 is 4.90 Å². The molecule has 0 fully saturated rings. The van der Waals surface area contributed by atoms with Crippen LogP contribution in [0.25, 0.3) is 0 Å². The van der Waals surface area contributed by atoms with E-state index in [0.29, 0.717) is 18.0 Å². The Balaban J connectivity index is 2.56. The summed E-state index contributed by atoms with van der Waals surface area (Å²) in [5, 5.41) is 0. The van der Waals surface area contributed by atoms with E-state index in [2.05, 4.69) is 82.1 Å².